The van der Waals surface area contributed by atoms with E-state index in [1.165, 1.54) is 0 Å². The van der Waals surface area contributed by atoms with E-state index in [9.17, 15) is 0 Å². The SMILES string of the molecule is CC(C)(C)CNC1(Cl)N=CC(Br)=CN1. The van der Waals surface area contributed by atoms with Gasteiger partial charge in [0, 0.05) is 19.0 Å². The zero-order chi connectivity index (χ0) is 10.8. The zero-order valence-electron chi connectivity index (χ0n) is 8.56. The summed E-state index contributed by atoms with van der Waals surface area (Å²) in [5.74, 6) is 0. The molecule has 80 valence electrons. The molecule has 0 aromatic heterocycles. The third-order valence-corrected chi connectivity index (χ3v) is 2.39. The van der Waals surface area contributed by atoms with E-state index < -0.39 is 5.25 Å². The van der Waals surface area contributed by atoms with Gasteiger partial charge < -0.3 is 5.32 Å². The molecule has 1 atom stereocenters. The average Bonchev–Trinajstić information content (AvgIpc) is 2.07. The van der Waals surface area contributed by atoms with Crippen LogP contribution in [0.25, 0.3) is 0 Å². The van der Waals surface area contributed by atoms with Crippen molar-refractivity contribution in [3.05, 3.63) is 10.7 Å². The highest BCUT2D eigenvalue weighted by Gasteiger charge is 2.27. The van der Waals surface area contributed by atoms with Crippen molar-refractivity contribution in [2.45, 2.75) is 26.0 Å². The molecule has 5 heteroatoms. The van der Waals surface area contributed by atoms with E-state index in [-0.39, 0.29) is 5.41 Å². The van der Waals surface area contributed by atoms with E-state index in [0.29, 0.717) is 0 Å². The van der Waals surface area contributed by atoms with Gasteiger partial charge in [-0.3, -0.25) is 5.32 Å². The summed E-state index contributed by atoms with van der Waals surface area (Å²) in [6.07, 6.45) is 3.45. The molecule has 0 aromatic carbocycles. The number of aliphatic imine (C=N–C) groups is 1. The van der Waals surface area contributed by atoms with Crippen molar-refractivity contribution in [1.82, 2.24) is 10.6 Å². The van der Waals surface area contributed by atoms with Crippen LogP contribution in [-0.4, -0.2) is 18.0 Å². The Kier molecular flexibility index (Phi) is 3.61. The van der Waals surface area contributed by atoms with Crippen LogP contribution in [0.2, 0.25) is 0 Å². The van der Waals surface area contributed by atoms with Gasteiger partial charge in [-0.2, -0.15) is 0 Å². The van der Waals surface area contributed by atoms with E-state index in [2.05, 4.69) is 52.3 Å². The van der Waals surface area contributed by atoms with Crippen molar-refractivity contribution in [1.29, 1.82) is 0 Å². The molecule has 0 saturated heterocycles. The van der Waals surface area contributed by atoms with Crippen molar-refractivity contribution in [2.24, 2.45) is 10.4 Å². The van der Waals surface area contributed by atoms with Crippen LogP contribution >= 0.6 is 27.5 Å². The molecule has 1 heterocycles. The number of hydrogen-bond acceptors (Lipinski definition) is 3. The predicted octanol–water partition coefficient (Wildman–Crippen LogP) is 2.38. The molecule has 1 aliphatic heterocycles. The molecular formula is C9H15BrClN3. The van der Waals surface area contributed by atoms with Crippen LogP contribution < -0.4 is 10.6 Å². The largest absolute Gasteiger partial charge is 0.341 e. The van der Waals surface area contributed by atoms with E-state index in [4.69, 9.17) is 11.6 Å². The first-order valence-corrected chi connectivity index (χ1v) is 5.60. The lowest BCUT2D eigenvalue weighted by Crippen LogP contribution is -2.52. The second-order valence-electron chi connectivity index (χ2n) is 4.47. The fraction of sp³-hybridized carbons (Fsp3) is 0.667. The smallest absolute Gasteiger partial charge is 0.264 e. The van der Waals surface area contributed by atoms with Crippen molar-refractivity contribution in [3.63, 3.8) is 0 Å². The van der Waals surface area contributed by atoms with Gasteiger partial charge in [-0.15, -0.1) is 0 Å². The van der Waals surface area contributed by atoms with Crippen LogP contribution in [-0.2, 0) is 0 Å². The summed E-state index contributed by atoms with van der Waals surface area (Å²) >= 11 is 9.45. The van der Waals surface area contributed by atoms with Crippen LogP contribution in [0.3, 0.4) is 0 Å². The molecule has 0 saturated carbocycles. The highest BCUT2D eigenvalue weighted by atomic mass is 79.9. The quantitative estimate of drug-likeness (QED) is 0.602. The molecule has 2 N–H and O–H groups in total. The molecular weight excluding hydrogens is 265 g/mol. The molecule has 1 unspecified atom stereocenters. The van der Waals surface area contributed by atoms with Crippen LogP contribution in [0, 0.1) is 5.41 Å². The van der Waals surface area contributed by atoms with E-state index >= 15 is 0 Å². The summed E-state index contributed by atoms with van der Waals surface area (Å²) in [5, 5.41) is 5.22. The number of alkyl halides is 1. The standard InChI is InChI=1S/C9H15BrClN3/c1-8(2,3)6-14-9(11)12-4-7(10)5-13-9/h4-5,12,14H,6H2,1-3H3. The van der Waals surface area contributed by atoms with Crippen LogP contribution in [0.4, 0.5) is 0 Å². The second kappa shape index (κ2) is 4.21. The van der Waals surface area contributed by atoms with Crippen molar-refractivity contribution < 1.29 is 0 Å². The van der Waals surface area contributed by atoms with Crippen molar-refractivity contribution in [3.8, 4) is 0 Å². The van der Waals surface area contributed by atoms with Gasteiger partial charge in [0.05, 0.1) is 4.48 Å². The Hall–Kier alpha value is -0.0600. The molecule has 0 amide bonds. The number of rotatable bonds is 2. The molecule has 1 rings (SSSR count). The maximum Gasteiger partial charge on any atom is 0.264 e. The summed E-state index contributed by atoms with van der Waals surface area (Å²) in [6.45, 7) is 7.20. The van der Waals surface area contributed by atoms with Crippen molar-refractivity contribution in [2.75, 3.05) is 6.54 Å². The first-order chi connectivity index (χ1) is 6.31. The molecule has 0 fully saturated rings. The molecule has 0 aromatic rings. The molecule has 3 nitrogen and oxygen atoms in total. The summed E-state index contributed by atoms with van der Waals surface area (Å²) in [4.78, 5) is 4.15. The Morgan fingerprint density at radius 2 is 2.29 bits per heavy atom. The molecule has 0 bridgehead atoms. The molecule has 14 heavy (non-hydrogen) atoms. The summed E-state index contributed by atoms with van der Waals surface area (Å²) in [5.41, 5.74) is 0.178. The highest BCUT2D eigenvalue weighted by Crippen LogP contribution is 2.19. The second-order valence-corrected chi connectivity index (χ2v) is 5.93. The Balaban J connectivity index is 2.50. The lowest BCUT2D eigenvalue weighted by molar-refractivity contribution is 0.319. The first-order valence-electron chi connectivity index (χ1n) is 4.43. The van der Waals surface area contributed by atoms with Gasteiger partial charge in [0.15, 0.2) is 0 Å². The maximum absolute atomic E-state index is 6.16. The number of nitrogens with one attached hydrogen (secondary N) is 2. The van der Waals surface area contributed by atoms with Gasteiger partial charge in [0.1, 0.15) is 0 Å². The van der Waals surface area contributed by atoms with Crippen LogP contribution in [0.5, 0.6) is 0 Å². The van der Waals surface area contributed by atoms with E-state index in [1.807, 2.05) is 0 Å². The number of nitrogens with zero attached hydrogens (tertiary/aromatic N) is 1. The van der Waals surface area contributed by atoms with Gasteiger partial charge in [0.2, 0.25) is 0 Å². The average molecular weight is 281 g/mol. The number of hydrogen-bond donors (Lipinski definition) is 2. The fourth-order valence-corrected chi connectivity index (χ4v) is 1.26. The summed E-state index contributed by atoms with van der Waals surface area (Å²) in [6, 6.07) is 0. The highest BCUT2D eigenvalue weighted by molar-refractivity contribution is 9.12. The minimum atomic E-state index is -0.898. The summed E-state index contributed by atoms with van der Waals surface area (Å²) in [7, 11) is 0. The molecule has 0 spiro atoms. The van der Waals surface area contributed by atoms with E-state index in [0.717, 1.165) is 11.0 Å². The lowest BCUT2D eigenvalue weighted by Gasteiger charge is -2.30. The van der Waals surface area contributed by atoms with Gasteiger partial charge in [-0.1, -0.05) is 32.4 Å². The monoisotopic (exact) mass is 279 g/mol. The predicted molar refractivity (Wildman–Crippen MR) is 64.7 cm³/mol. The Morgan fingerprint density at radius 1 is 1.64 bits per heavy atom. The number of allylic oxidation sites excluding steroid dienone is 1. The Labute approximate surface area is 98.1 Å². The minimum Gasteiger partial charge on any atom is -0.341 e. The third-order valence-electron chi connectivity index (χ3n) is 1.62. The Morgan fingerprint density at radius 3 is 2.71 bits per heavy atom. The van der Waals surface area contributed by atoms with Gasteiger partial charge in [-0.25, -0.2) is 4.99 Å². The van der Waals surface area contributed by atoms with Crippen LogP contribution in [0.1, 0.15) is 20.8 Å². The lowest BCUT2D eigenvalue weighted by atomic mass is 9.97. The maximum atomic E-state index is 6.16. The third kappa shape index (κ3) is 3.98. The van der Waals surface area contributed by atoms with Crippen molar-refractivity contribution >= 4 is 33.7 Å². The van der Waals surface area contributed by atoms with Crippen LogP contribution in [0.15, 0.2) is 15.7 Å². The Bertz CT molecular complexity index is 270. The topological polar surface area (TPSA) is 36.4 Å². The first kappa shape index (κ1) is 12.0. The van der Waals surface area contributed by atoms with Gasteiger partial charge >= 0.3 is 0 Å². The van der Waals surface area contributed by atoms with Gasteiger partial charge in [-0.05, 0) is 21.3 Å². The molecule has 0 radical (unpaired) electrons. The van der Waals surface area contributed by atoms with E-state index in [1.54, 1.807) is 12.4 Å². The summed E-state index contributed by atoms with van der Waals surface area (Å²) < 4.78 is 0.881. The zero-order valence-corrected chi connectivity index (χ0v) is 10.9. The fourth-order valence-electron chi connectivity index (χ4n) is 0.869. The number of halogens is 2. The minimum absolute atomic E-state index is 0.178. The molecule has 0 aliphatic carbocycles. The molecule has 1 aliphatic rings. The normalized spacial score (nSPS) is 27.1. The van der Waals surface area contributed by atoms with Gasteiger partial charge in [0.25, 0.3) is 5.25 Å².